The summed E-state index contributed by atoms with van der Waals surface area (Å²) < 4.78 is 6.44. The summed E-state index contributed by atoms with van der Waals surface area (Å²) in [5.41, 5.74) is -0.221. The van der Waals surface area contributed by atoms with E-state index in [9.17, 15) is 9.59 Å². The third kappa shape index (κ3) is 4.57. The van der Waals surface area contributed by atoms with Gasteiger partial charge in [0.2, 0.25) is 0 Å². The highest BCUT2D eigenvalue weighted by Crippen LogP contribution is 2.07. The van der Waals surface area contributed by atoms with E-state index in [2.05, 4.69) is 15.6 Å². The molecule has 2 N–H and O–H groups in total. The molecule has 106 valence electrons. The van der Waals surface area contributed by atoms with Crippen molar-refractivity contribution in [2.45, 2.75) is 32.8 Å². The molecule has 8 heteroatoms. The highest BCUT2D eigenvalue weighted by molar-refractivity contribution is 5.86. The smallest absolute Gasteiger partial charge is 0.407 e. The summed E-state index contributed by atoms with van der Waals surface area (Å²) in [7, 11) is 1.60. The van der Waals surface area contributed by atoms with Crippen molar-refractivity contribution in [3.8, 4) is 0 Å². The van der Waals surface area contributed by atoms with Gasteiger partial charge in [-0.2, -0.15) is 0 Å². The number of hydrogen-bond donors (Lipinski definition) is 2. The fourth-order valence-corrected chi connectivity index (χ4v) is 1.42. The molecule has 0 unspecified atom stereocenters. The predicted molar refractivity (Wildman–Crippen MR) is 65.9 cm³/mol. The van der Waals surface area contributed by atoms with Gasteiger partial charge in [0, 0.05) is 20.0 Å². The molecule has 0 aromatic carbocycles. The molecule has 1 heterocycles. The average molecular weight is 270 g/mol. The molecule has 1 amide bonds. The van der Waals surface area contributed by atoms with Crippen molar-refractivity contribution >= 4 is 12.1 Å². The third-order valence-electron chi connectivity index (χ3n) is 2.18. The largest absolute Gasteiger partial charge is 0.476 e. The number of aryl methyl sites for hydroxylation is 1. The summed E-state index contributed by atoms with van der Waals surface area (Å²) in [6, 6.07) is 0. The molecule has 0 aliphatic heterocycles. The van der Waals surface area contributed by atoms with Crippen LogP contribution in [0.2, 0.25) is 0 Å². The minimum atomic E-state index is -1.14. The number of nitrogens with zero attached hydrogens (tertiary/aromatic N) is 3. The van der Waals surface area contributed by atoms with E-state index < -0.39 is 17.7 Å². The second-order valence-electron chi connectivity index (χ2n) is 4.99. The lowest BCUT2D eigenvalue weighted by molar-refractivity contribution is 0.0528. The molecule has 1 rings (SSSR count). The minimum Gasteiger partial charge on any atom is -0.476 e. The molecule has 0 saturated heterocycles. The molecule has 1 aromatic rings. The van der Waals surface area contributed by atoms with Crippen LogP contribution in [0.4, 0.5) is 4.79 Å². The molecule has 1 aromatic heterocycles. The van der Waals surface area contributed by atoms with Gasteiger partial charge in [-0.15, -0.1) is 5.10 Å². The van der Waals surface area contributed by atoms with Crippen molar-refractivity contribution < 1.29 is 19.4 Å². The zero-order valence-electron chi connectivity index (χ0n) is 11.4. The lowest BCUT2D eigenvalue weighted by Gasteiger charge is -2.19. The Morgan fingerprint density at radius 2 is 2.05 bits per heavy atom. The van der Waals surface area contributed by atoms with Gasteiger partial charge in [0.1, 0.15) is 5.60 Å². The van der Waals surface area contributed by atoms with Crippen molar-refractivity contribution in [3.05, 3.63) is 11.4 Å². The Bertz CT molecular complexity index is 476. The van der Waals surface area contributed by atoms with Gasteiger partial charge in [-0.05, 0) is 20.8 Å². The Morgan fingerprint density at radius 1 is 1.42 bits per heavy atom. The molecule has 0 fully saturated rings. The number of amides is 1. The molecule has 0 atom stereocenters. The Morgan fingerprint density at radius 3 is 2.58 bits per heavy atom. The summed E-state index contributed by atoms with van der Waals surface area (Å²) in [4.78, 5) is 22.3. The van der Waals surface area contributed by atoms with Gasteiger partial charge in [-0.1, -0.05) is 5.21 Å². The van der Waals surface area contributed by atoms with E-state index in [1.165, 1.54) is 4.68 Å². The van der Waals surface area contributed by atoms with Crippen LogP contribution in [0.15, 0.2) is 0 Å². The van der Waals surface area contributed by atoms with Gasteiger partial charge in [0.25, 0.3) is 0 Å². The fourth-order valence-electron chi connectivity index (χ4n) is 1.42. The number of rotatable bonds is 4. The Balaban J connectivity index is 2.52. The molecule has 8 nitrogen and oxygen atoms in total. The topological polar surface area (TPSA) is 106 Å². The maximum absolute atomic E-state index is 11.4. The first kappa shape index (κ1) is 14.9. The lowest BCUT2D eigenvalue weighted by Crippen LogP contribution is -2.33. The van der Waals surface area contributed by atoms with Crippen LogP contribution < -0.4 is 5.32 Å². The number of aromatic nitrogens is 3. The van der Waals surface area contributed by atoms with Crippen LogP contribution in [-0.2, 0) is 18.2 Å². The quantitative estimate of drug-likeness (QED) is 0.828. The summed E-state index contributed by atoms with van der Waals surface area (Å²) in [5, 5.41) is 18.6. The number of alkyl carbamates (subject to hydrolysis) is 1. The third-order valence-corrected chi connectivity index (χ3v) is 2.18. The lowest BCUT2D eigenvalue weighted by atomic mass is 10.2. The van der Waals surface area contributed by atoms with Crippen LogP contribution in [-0.4, -0.2) is 44.3 Å². The number of carbonyl (C=O) groups excluding carboxylic acids is 1. The van der Waals surface area contributed by atoms with E-state index in [4.69, 9.17) is 9.84 Å². The zero-order chi connectivity index (χ0) is 14.6. The maximum atomic E-state index is 11.4. The monoisotopic (exact) mass is 270 g/mol. The molecule has 0 saturated carbocycles. The van der Waals surface area contributed by atoms with Gasteiger partial charge < -0.3 is 15.2 Å². The molecule has 19 heavy (non-hydrogen) atoms. The van der Waals surface area contributed by atoms with Gasteiger partial charge in [0.15, 0.2) is 5.69 Å². The summed E-state index contributed by atoms with van der Waals surface area (Å²) >= 11 is 0. The predicted octanol–water partition coefficient (Wildman–Crippen LogP) is 0.580. The Kier molecular flexibility index (Phi) is 4.47. The molecule has 0 spiro atoms. The summed E-state index contributed by atoms with van der Waals surface area (Å²) in [5.74, 6) is -1.14. The van der Waals surface area contributed by atoms with Gasteiger partial charge in [-0.25, -0.2) is 9.59 Å². The minimum absolute atomic E-state index is 0.103. The van der Waals surface area contributed by atoms with Crippen molar-refractivity contribution in [1.29, 1.82) is 0 Å². The molecular weight excluding hydrogens is 252 g/mol. The SMILES string of the molecule is Cn1nnc(C(=O)O)c1CCNC(=O)OC(C)(C)C. The van der Waals surface area contributed by atoms with Crippen molar-refractivity contribution in [2.75, 3.05) is 6.54 Å². The van der Waals surface area contributed by atoms with Gasteiger partial charge in [0.05, 0.1) is 5.69 Å². The number of nitrogens with one attached hydrogen (secondary N) is 1. The molecule has 0 aliphatic carbocycles. The first-order valence-electron chi connectivity index (χ1n) is 5.79. The number of carboxylic acid groups (broad SMARTS) is 1. The maximum Gasteiger partial charge on any atom is 0.407 e. The van der Waals surface area contributed by atoms with Crippen molar-refractivity contribution in [1.82, 2.24) is 20.3 Å². The number of ether oxygens (including phenoxy) is 1. The first-order valence-corrected chi connectivity index (χ1v) is 5.79. The van der Waals surface area contributed by atoms with Crippen LogP contribution in [0.1, 0.15) is 37.0 Å². The van der Waals surface area contributed by atoms with Crippen LogP contribution in [0.5, 0.6) is 0 Å². The Hall–Kier alpha value is -2.12. The molecular formula is C11H18N4O4. The van der Waals surface area contributed by atoms with Crippen LogP contribution in [0, 0.1) is 0 Å². The van der Waals surface area contributed by atoms with E-state index in [0.29, 0.717) is 12.1 Å². The van der Waals surface area contributed by atoms with Crippen LogP contribution in [0.3, 0.4) is 0 Å². The highest BCUT2D eigenvalue weighted by atomic mass is 16.6. The molecule has 0 aliphatic rings. The van der Waals surface area contributed by atoms with E-state index in [1.807, 2.05) is 0 Å². The molecule has 0 bridgehead atoms. The van der Waals surface area contributed by atoms with Gasteiger partial charge >= 0.3 is 12.1 Å². The number of carbonyl (C=O) groups is 2. The normalized spacial score (nSPS) is 11.2. The first-order chi connectivity index (χ1) is 8.70. The second kappa shape index (κ2) is 5.68. The number of carboxylic acids is 1. The molecule has 0 radical (unpaired) electrons. The summed E-state index contributed by atoms with van der Waals surface area (Å²) in [6.45, 7) is 5.54. The number of hydrogen-bond acceptors (Lipinski definition) is 5. The highest BCUT2D eigenvalue weighted by Gasteiger charge is 2.18. The van der Waals surface area contributed by atoms with Gasteiger partial charge in [-0.3, -0.25) is 4.68 Å². The zero-order valence-corrected chi connectivity index (χ0v) is 11.4. The second-order valence-corrected chi connectivity index (χ2v) is 4.99. The standard InChI is InChI=1S/C11H18N4O4/c1-11(2,3)19-10(18)12-6-5-7-8(9(16)17)13-14-15(7)4/h5-6H2,1-4H3,(H,12,18)(H,16,17). The van der Waals surface area contributed by atoms with Crippen molar-refractivity contribution in [2.24, 2.45) is 7.05 Å². The van der Waals surface area contributed by atoms with Crippen LogP contribution >= 0.6 is 0 Å². The van der Waals surface area contributed by atoms with Crippen molar-refractivity contribution in [3.63, 3.8) is 0 Å². The Labute approximate surface area is 110 Å². The van der Waals surface area contributed by atoms with E-state index in [-0.39, 0.29) is 12.2 Å². The van der Waals surface area contributed by atoms with E-state index in [0.717, 1.165) is 0 Å². The average Bonchev–Trinajstić information content (AvgIpc) is 2.58. The van der Waals surface area contributed by atoms with E-state index >= 15 is 0 Å². The number of aromatic carboxylic acids is 1. The van der Waals surface area contributed by atoms with Crippen LogP contribution in [0.25, 0.3) is 0 Å². The van der Waals surface area contributed by atoms with E-state index in [1.54, 1.807) is 27.8 Å². The summed E-state index contributed by atoms with van der Waals surface area (Å²) in [6.07, 6.45) is -0.232. The fraction of sp³-hybridized carbons (Fsp3) is 0.636.